The summed E-state index contributed by atoms with van der Waals surface area (Å²) in [5, 5.41) is 3.85. The molecule has 0 aliphatic carbocycles. The summed E-state index contributed by atoms with van der Waals surface area (Å²) >= 11 is 0. The second-order valence-corrected chi connectivity index (χ2v) is 1.65. The molecule has 0 radical (unpaired) electrons. The molecule has 0 spiro atoms. The molecule has 0 atom stereocenters. The number of nitrogens with two attached hydrogens (primary N) is 1. The topological polar surface area (TPSA) is 56.7 Å². The quantitative estimate of drug-likeness (QED) is 0.516. The van der Waals surface area contributed by atoms with Crippen LogP contribution in [-0.2, 0) is 6.54 Å². The average Bonchev–Trinajstić information content (AvgIpc) is 2.41. The maximum absolute atomic E-state index is 5.15. The van der Waals surface area contributed by atoms with Gasteiger partial charge in [0.1, 0.15) is 19.2 Å². The predicted molar refractivity (Wildman–Crippen MR) is 36.9 cm³/mol. The van der Waals surface area contributed by atoms with Crippen molar-refractivity contribution in [3.63, 3.8) is 0 Å². The van der Waals surface area contributed by atoms with E-state index in [4.69, 9.17) is 5.73 Å². The zero-order chi connectivity index (χ0) is 7.23. The SMILES string of the molecule is NCC#CCn1cncn1. The molecule has 0 fully saturated rings. The van der Waals surface area contributed by atoms with E-state index in [0.717, 1.165) is 0 Å². The van der Waals surface area contributed by atoms with Crippen molar-refractivity contribution in [2.24, 2.45) is 5.73 Å². The van der Waals surface area contributed by atoms with E-state index in [1.807, 2.05) is 0 Å². The van der Waals surface area contributed by atoms with Crippen LogP contribution >= 0.6 is 0 Å². The second kappa shape index (κ2) is 3.64. The molecule has 0 amide bonds. The van der Waals surface area contributed by atoms with Gasteiger partial charge in [-0.25, -0.2) is 9.67 Å². The minimum absolute atomic E-state index is 0.398. The van der Waals surface area contributed by atoms with Gasteiger partial charge >= 0.3 is 0 Å². The summed E-state index contributed by atoms with van der Waals surface area (Å²) < 4.78 is 1.64. The number of hydrogen-bond acceptors (Lipinski definition) is 3. The Morgan fingerprint density at radius 1 is 1.50 bits per heavy atom. The first-order chi connectivity index (χ1) is 4.93. The molecule has 2 N–H and O–H groups in total. The Balaban J connectivity index is 2.41. The second-order valence-electron chi connectivity index (χ2n) is 1.65. The Kier molecular flexibility index (Phi) is 2.47. The third-order valence-electron chi connectivity index (χ3n) is 0.935. The lowest BCUT2D eigenvalue weighted by Gasteiger charge is -1.86. The molecule has 0 aliphatic rings. The van der Waals surface area contributed by atoms with Crippen LogP contribution in [0.5, 0.6) is 0 Å². The largest absolute Gasteiger partial charge is 0.320 e. The first-order valence-corrected chi connectivity index (χ1v) is 2.91. The molecule has 1 aromatic rings. The molecule has 1 aromatic heterocycles. The van der Waals surface area contributed by atoms with Gasteiger partial charge < -0.3 is 5.73 Å². The molecule has 0 saturated carbocycles. The molecule has 0 bridgehead atoms. The standard InChI is InChI=1S/C6H8N4/c7-3-1-2-4-10-6-8-5-9-10/h5-6H,3-4,7H2. The van der Waals surface area contributed by atoms with Crippen molar-refractivity contribution in [2.75, 3.05) is 6.54 Å². The van der Waals surface area contributed by atoms with E-state index in [-0.39, 0.29) is 0 Å². The third kappa shape index (κ3) is 1.88. The summed E-state index contributed by atoms with van der Waals surface area (Å²) in [5.41, 5.74) is 5.15. The molecule has 1 heterocycles. The van der Waals surface area contributed by atoms with Gasteiger partial charge in [0.2, 0.25) is 0 Å². The van der Waals surface area contributed by atoms with Gasteiger partial charge in [0.15, 0.2) is 0 Å². The third-order valence-corrected chi connectivity index (χ3v) is 0.935. The Bertz CT molecular complexity index is 228. The Morgan fingerprint density at radius 2 is 2.40 bits per heavy atom. The van der Waals surface area contributed by atoms with E-state index < -0.39 is 0 Å². The van der Waals surface area contributed by atoms with Crippen LogP contribution < -0.4 is 5.73 Å². The van der Waals surface area contributed by atoms with Crippen LogP contribution in [0.15, 0.2) is 12.7 Å². The van der Waals surface area contributed by atoms with Gasteiger partial charge in [0.05, 0.1) is 6.54 Å². The fourth-order valence-electron chi connectivity index (χ4n) is 0.523. The average molecular weight is 136 g/mol. The Labute approximate surface area is 59.1 Å². The van der Waals surface area contributed by atoms with Crippen LogP contribution in [0.3, 0.4) is 0 Å². The zero-order valence-electron chi connectivity index (χ0n) is 5.49. The lowest BCUT2D eigenvalue weighted by atomic mass is 10.6. The summed E-state index contributed by atoms with van der Waals surface area (Å²) in [7, 11) is 0. The lowest BCUT2D eigenvalue weighted by Crippen LogP contribution is -1.97. The fraction of sp³-hybridized carbons (Fsp3) is 0.333. The highest BCUT2D eigenvalue weighted by Gasteiger charge is 1.82. The molecule has 1 rings (SSSR count). The molecule has 4 nitrogen and oxygen atoms in total. The van der Waals surface area contributed by atoms with E-state index in [2.05, 4.69) is 21.9 Å². The highest BCUT2D eigenvalue weighted by molar-refractivity contribution is 4.99. The van der Waals surface area contributed by atoms with Crippen molar-refractivity contribution in [1.29, 1.82) is 0 Å². The van der Waals surface area contributed by atoms with Gasteiger partial charge in [-0.1, -0.05) is 11.8 Å². The van der Waals surface area contributed by atoms with Crippen LogP contribution in [0, 0.1) is 11.8 Å². The Morgan fingerprint density at radius 3 is 3.00 bits per heavy atom. The molecular formula is C6H8N4. The van der Waals surface area contributed by atoms with Crippen molar-refractivity contribution in [3.8, 4) is 11.8 Å². The van der Waals surface area contributed by atoms with Crippen LogP contribution in [0.1, 0.15) is 0 Å². The minimum Gasteiger partial charge on any atom is -0.320 e. The van der Waals surface area contributed by atoms with Gasteiger partial charge in [-0.15, -0.1) is 0 Å². The Hall–Kier alpha value is -1.34. The molecule has 0 saturated heterocycles. The number of aromatic nitrogens is 3. The predicted octanol–water partition coefficient (Wildman–Crippen LogP) is -0.760. The zero-order valence-corrected chi connectivity index (χ0v) is 5.49. The molecule has 0 aliphatic heterocycles. The molecule has 4 heteroatoms. The maximum atomic E-state index is 5.15. The van der Waals surface area contributed by atoms with Crippen LogP contribution in [0.4, 0.5) is 0 Å². The van der Waals surface area contributed by atoms with Gasteiger partial charge in [-0.3, -0.25) is 0 Å². The van der Waals surface area contributed by atoms with Gasteiger partial charge in [-0.05, 0) is 0 Å². The van der Waals surface area contributed by atoms with Crippen molar-refractivity contribution in [1.82, 2.24) is 14.8 Å². The molecule has 0 aromatic carbocycles. The van der Waals surface area contributed by atoms with E-state index in [1.165, 1.54) is 6.33 Å². The van der Waals surface area contributed by atoms with E-state index in [1.54, 1.807) is 11.0 Å². The van der Waals surface area contributed by atoms with E-state index >= 15 is 0 Å². The normalized spacial score (nSPS) is 8.50. The van der Waals surface area contributed by atoms with Crippen molar-refractivity contribution in [2.45, 2.75) is 6.54 Å². The van der Waals surface area contributed by atoms with Gasteiger partial charge in [0, 0.05) is 0 Å². The lowest BCUT2D eigenvalue weighted by molar-refractivity contribution is 0.713. The summed E-state index contributed by atoms with van der Waals surface area (Å²) in [6.07, 6.45) is 3.09. The van der Waals surface area contributed by atoms with E-state index in [9.17, 15) is 0 Å². The monoisotopic (exact) mass is 136 g/mol. The minimum atomic E-state index is 0.398. The summed E-state index contributed by atoms with van der Waals surface area (Å²) in [6, 6.07) is 0. The van der Waals surface area contributed by atoms with Gasteiger partial charge in [-0.2, -0.15) is 5.10 Å². The van der Waals surface area contributed by atoms with Crippen molar-refractivity contribution >= 4 is 0 Å². The molecular weight excluding hydrogens is 128 g/mol. The van der Waals surface area contributed by atoms with Crippen LogP contribution in [0.25, 0.3) is 0 Å². The summed E-state index contributed by atoms with van der Waals surface area (Å²) in [6.45, 7) is 0.964. The number of rotatable bonds is 1. The number of nitrogens with zero attached hydrogens (tertiary/aromatic N) is 3. The van der Waals surface area contributed by atoms with Crippen LogP contribution in [-0.4, -0.2) is 21.3 Å². The fourth-order valence-corrected chi connectivity index (χ4v) is 0.523. The first kappa shape index (κ1) is 6.78. The smallest absolute Gasteiger partial charge is 0.137 e. The first-order valence-electron chi connectivity index (χ1n) is 2.91. The maximum Gasteiger partial charge on any atom is 0.137 e. The highest BCUT2D eigenvalue weighted by atomic mass is 15.3. The molecule has 52 valence electrons. The molecule has 0 unspecified atom stereocenters. The highest BCUT2D eigenvalue weighted by Crippen LogP contribution is 1.75. The van der Waals surface area contributed by atoms with E-state index in [0.29, 0.717) is 13.1 Å². The van der Waals surface area contributed by atoms with Gasteiger partial charge in [0.25, 0.3) is 0 Å². The molecule has 10 heavy (non-hydrogen) atoms. The summed E-state index contributed by atoms with van der Waals surface area (Å²) in [5.74, 6) is 5.55. The van der Waals surface area contributed by atoms with Crippen LogP contribution in [0.2, 0.25) is 0 Å². The van der Waals surface area contributed by atoms with Crippen molar-refractivity contribution < 1.29 is 0 Å². The number of hydrogen-bond donors (Lipinski definition) is 1. The van der Waals surface area contributed by atoms with Crippen molar-refractivity contribution in [3.05, 3.63) is 12.7 Å². The summed E-state index contributed by atoms with van der Waals surface area (Å²) in [4.78, 5) is 3.75.